The maximum Gasteiger partial charge on any atom is 0.305 e. The van der Waals surface area contributed by atoms with Crippen molar-refractivity contribution in [2.75, 3.05) is 13.7 Å². The summed E-state index contributed by atoms with van der Waals surface area (Å²) in [4.78, 5) is 22.6. The summed E-state index contributed by atoms with van der Waals surface area (Å²) in [5.74, 6) is -1.14. The molecule has 7 nitrogen and oxygen atoms in total. The molecule has 0 aliphatic heterocycles. The Morgan fingerprint density at radius 3 is 2.67 bits per heavy atom. The predicted molar refractivity (Wildman–Crippen MR) is 75.7 cm³/mol. The van der Waals surface area contributed by atoms with Crippen LogP contribution in [0.4, 0.5) is 0 Å². The maximum atomic E-state index is 11.7. The smallest absolute Gasteiger partial charge is 0.305 e. The highest BCUT2D eigenvalue weighted by Crippen LogP contribution is 2.25. The second-order valence-corrected chi connectivity index (χ2v) is 4.60. The molecule has 5 N–H and O–H groups in total. The first-order chi connectivity index (χ1) is 9.93. The molecular weight excluding hydrogens is 276 g/mol. The molecule has 0 aliphatic rings. The number of hydrogen-bond acceptors (Lipinski definition) is 6. The largest absolute Gasteiger partial charge is 0.504 e. The first-order valence-electron chi connectivity index (χ1n) is 6.55. The van der Waals surface area contributed by atoms with Crippen LogP contribution < -0.4 is 11.1 Å². The Labute approximate surface area is 122 Å². The lowest BCUT2D eigenvalue weighted by atomic mass is 10.1. The molecule has 0 spiro atoms. The van der Waals surface area contributed by atoms with Crippen LogP contribution >= 0.6 is 0 Å². The molecule has 0 heterocycles. The molecule has 0 bridgehead atoms. The van der Waals surface area contributed by atoms with Crippen LogP contribution in [0.15, 0.2) is 18.2 Å². The number of rotatable bonds is 7. The zero-order valence-electron chi connectivity index (χ0n) is 11.8. The molecule has 0 unspecified atom stereocenters. The third kappa shape index (κ3) is 5.70. The standard InChI is InChI=1S/C14H20N2O5/c1-21-13(19)3-2-6-16-14(20)10(15)7-9-4-5-11(17)12(18)8-9/h4-5,8,10,17-18H,2-3,6-7,15H2,1H3,(H,16,20)/t10-/m0/s1. The van der Waals surface area contributed by atoms with E-state index in [0.717, 1.165) is 0 Å². The number of phenolic OH excluding ortho intramolecular Hbond substituents is 2. The molecule has 7 heteroatoms. The number of nitrogens with one attached hydrogen (secondary N) is 1. The third-order valence-corrected chi connectivity index (χ3v) is 2.92. The lowest BCUT2D eigenvalue weighted by Crippen LogP contribution is -2.42. The van der Waals surface area contributed by atoms with Crippen LogP contribution in [0.25, 0.3) is 0 Å². The van der Waals surface area contributed by atoms with Crippen molar-refractivity contribution in [1.82, 2.24) is 5.32 Å². The number of aromatic hydroxyl groups is 2. The summed E-state index contributed by atoms with van der Waals surface area (Å²) in [7, 11) is 1.31. The fourth-order valence-corrected chi connectivity index (χ4v) is 1.72. The van der Waals surface area contributed by atoms with E-state index in [4.69, 9.17) is 5.73 Å². The van der Waals surface area contributed by atoms with Gasteiger partial charge in [-0.2, -0.15) is 0 Å². The lowest BCUT2D eigenvalue weighted by Gasteiger charge is -2.12. The monoisotopic (exact) mass is 296 g/mol. The number of methoxy groups -OCH3 is 1. The van der Waals surface area contributed by atoms with Gasteiger partial charge in [0.1, 0.15) is 0 Å². The molecule has 1 amide bonds. The van der Waals surface area contributed by atoms with Gasteiger partial charge in [0.15, 0.2) is 11.5 Å². The van der Waals surface area contributed by atoms with Crippen molar-refractivity contribution < 1.29 is 24.5 Å². The highest BCUT2D eigenvalue weighted by atomic mass is 16.5. The number of esters is 1. The van der Waals surface area contributed by atoms with E-state index in [1.54, 1.807) is 6.07 Å². The van der Waals surface area contributed by atoms with E-state index in [9.17, 15) is 19.8 Å². The van der Waals surface area contributed by atoms with Gasteiger partial charge in [-0.1, -0.05) is 6.07 Å². The summed E-state index contributed by atoms with van der Waals surface area (Å²) in [6.45, 7) is 0.336. The van der Waals surface area contributed by atoms with Crippen molar-refractivity contribution in [1.29, 1.82) is 0 Å². The van der Waals surface area contributed by atoms with Gasteiger partial charge in [0, 0.05) is 13.0 Å². The van der Waals surface area contributed by atoms with Gasteiger partial charge in [0.2, 0.25) is 5.91 Å². The average molecular weight is 296 g/mol. The van der Waals surface area contributed by atoms with Gasteiger partial charge in [-0.15, -0.1) is 0 Å². The molecule has 0 aromatic heterocycles. The molecular formula is C14H20N2O5. The van der Waals surface area contributed by atoms with Crippen LogP contribution in [0.5, 0.6) is 11.5 Å². The van der Waals surface area contributed by atoms with Crippen LogP contribution in [0.3, 0.4) is 0 Å². The minimum atomic E-state index is -0.771. The fourth-order valence-electron chi connectivity index (χ4n) is 1.72. The Hall–Kier alpha value is -2.28. The van der Waals surface area contributed by atoms with Crippen molar-refractivity contribution in [3.05, 3.63) is 23.8 Å². The SMILES string of the molecule is COC(=O)CCCNC(=O)[C@@H](N)Cc1ccc(O)c(O)c1. The third-order valence-electron chi connectivity index (χ3n) is 2.92. The Balaban J connectivity index is 2.37. The van der Waals surface area contributed by atoms with Crippen molar-refractivity contribution in [3.63, 3.8) is 0 Å². The molecule has 0 radical (unpaired) electrons. The van der Waals surface area contributed by atoms with E-state index >= 15 is 0 Å². The minimum absolute atomic E-state index is 0.223. The van der Waals surface area contributed by atoms with E-state index in [1.807, 2.05) is 0 Å². The molecule has 1 atom stereocenters. The number of carbonyl (C=O) groups is 2. The van der Waals surface area contributed by atoms with Gasteiger partial charge in [0.05, 0.1) is 13.2 Å². The molecule has 0 aliphatic carbocycles. The Morgan fingerprint density at radius 1 is 1.33 bits per heavy atom. The van der Waals surface area contributed by atoms with Gasteiger partial charge in [0.25, 0.3) is 0 Å². The fraction of sp³-hybridized carbons (Fsp3) is 0.429. The second kappa shape index (κ2) is 8.11. The zero-order valence-corrected chi connectivity index (χ0v) is 11.8. The van der Waals surface area contributed by atoms with Crippen LogP contribution in [0.1, 0.15) is 18.4 Å². The van der Waals surface area contributed by atoms with E-state index in [2.05, 4.69) is 10.1 Å². The highest BCUT2D eigenvalue weighted by molar-refractivity contribution is 5.81. The second-order valence-electron chi connectivity index (χ2n) is 4.60. The number of hydrogen-bond donors (Lipinski definition) is 4. The molecule has 1 aromatic carbocycles. The number of phenols is 2. The summed E-state index contributed by atoms with van der Waals surface area (Å²) in [5, 5.41) is 21.2. The van der Waals surface area contributed by atoms with E-state index in [1.165, 1.54) is 19.2 Å². The normalized spacial score (nSPS) is 11.7. The van der Waals surface area contributed by atoms with Gasteiger partial charge < -0.3 is 26.0 Å². The van der Waals surface area contributed by atoms with Crippen molar-refractivity contribution >= 4 is 11.9 Å². The van der Waals surface area contributed by atoms with Gasteiger partial charge >= 0.3 is 5.97 Å². The van der Waals surface area contributed by atoms with Gasteiger partial charge in [-0.3, -0.25) is 9.59 Å². The van der Waals surface area contributed by atoms with Crippen LogP contribution in [-0.2, 0) is 20.7 Å². The zero-order chi connectivity index (χ0) is 15.8. The van der Waals surface area contributed by atoms with Crippen LogP contribution in [-0.4, -0.2) is 41.8 Å². The molecule has 21 heavy (non-hydrogen) atoms. The minimum Gasteiger partial charge on any atom is -0.504 e. The van der Waals surface area contributed by atoms with Crippen molar-refractivity contribution in [2.45, 2.75) is 25.3 Å². The Kier molecular flexibility index (Phi) is 6.48. The highest BCUT2D eigenvalue weighted by Gasteiger charge is 2.14. The molecule has 0 saturated carbocycles. The molecule has 1 aromatic rings. The van der Waals surface area contributed by atoms with E-state index in [0.29, 0.717) is 18.5 Å². The summed E-state index contributed by atoms with van der Waals surface area (Å²) in [6, 6.07) is 3.51. The summed E-state index contributed by atoms with van der Waals surface area (Å²) < 4.78 is 4.48. The lowest BCUT2D eigenvalue weighted by molar-refractivity contribution is -0.140. The summed E-state index contributed by atoms with van der Waals surface area (Å²) >= 11 is 0. The number of ether oxygens (including phenoxy) is 1. The number of amides is 1. The van der Waals surface area contributed by atoms with Gasteiger partial charge in [-0.25, -0.2) is 0 Å². The Bertz CT molecular complexity index is 504. The Morgan fingerprint density at radius 2 is 2.05 bits per heavy atom. The topological polar surface area (TPSA) is 122 Å². The van der Waals surface area contributed by atoms with E-state index in [-0.39, 0.29) is 36.2 Å². The first-order valence-corrected chi connectivity index (χ1v) is 6.55. The molecule has 1 rings (SSSR count). The average Bonchev–Trinajstić information content (AvgIpc) is 2.46. The number of nitrogens with two attached hydrogens (primary N) is 1. The molecule has 0 saturated heterocycles. The maximum absolute atomic E-state index is 11.7. The predicted octanol–water partition coefficient (Wildman–Crippen LogP) is 0.0370. The quantitative estimate of drug-likeness (QED) is 0.320. The first kappa shape index (κ1) is 16.8. The number of benzene rings is 1. The van der Waals surface area contributed by atoms with Crippen LogP contribution in [0, 0.1) is 0 Å². The molecule has 116 valence electrons. The van der Waals surface area contributed by atoms with Crippen molar-refractivity contribution in [2.24, 2.45) is 5.73 Å². The van der Waals surface area contributed by atoms with Crippen molar-refractivity contribution in [3.8, 4) is 11.5 Å². The number of carbonyl (C=O) groups excluding carboxylic acids is 2. The summed E-state index contributed by atoms with van der Waals surface area (Å²) in [6.07, 6.45) is 0.944. The van der Waals surface area contributed by atoms with E-state index < -0.39 is 6.04 Å². The van der Waals surface area contributed by atoms with Crippen LogP contribution in [0.2, 0.25) is 0 Å². The van der Waals surface area contributed by atoms with Gasteiger partial charge in [-0.05, 0) is 30.5 Å². The molecule has 0 fully saturated rings. The summed E-state index contributed by atoms with van der Waals surface area (Å²) in [5.41, 5.74) is 6.40.